The summed E-state index contributed by atoms with van der Waals surface area (Å²) in [7, 11) is 4.01. The third kappa shape index (κ3) is 15.1. The molecule has 0 spiro atoms. The van der Waals surface area contributed by atoms with Crippen molar-refractivity contribution in [3.63, 3.8) is 0 Å². The molecule has 368 valence electrons. The van der Waals surface area contributed by atoms with E-state index in [4.69, 9.17) is 4.42 Å². The molecule has 0 atom stereocenters. The number of halogens is 6. The zero-order valence-corrected chi connectivity index (χ0v) is 38.4. The lowest BCUT2D eigenvalue weighted by Gasteiger charge is -2.36. The Morgan fingerprint density at radius 3 is 1.55 bits per heavy atom. The molecule has 0 aliphatic carbocycles. The van der Waals surface area contributed by atoms with Crippen LogP contribution in [0.2, 0.25) is 0 Å². The number of benzene rings is 4. The van der Waals surface area contributed by atoms with Gasteiger partial charge in [-0.1, -0.05) is 78.9 Å². The third-order valence-electron chi connectivity index (χ3n) is 11.8. The van der Waals surface area contributed by atoms with E-state index in [1.807, 2.05) is 80.1 Å². The number of ketones is 1. The van der Waals surface area contributed by atoms with Crippen LogP contribution in [0.5, 0.6) is 0 Å². The maximum absolute atomic E-state index is 15.0. The summed E-state index contributed by atoms with van der Waals surface area (Å²) in [5, 5.41) is 8.65. The van der Waals surface area contributed by atoms with Gasteiger partial charge in [0.1, 0.15) is 11.6 Å². The number of hydrogen-bond acceptors (Lipinski definition) is 9. The van der Waals surface area contributed by atoms with Crippen LogP contribution in [0.3, 0.4) is 0 Å². The van der Waals surface area contributed by atoms with Gasteiger partial charge in [-0.25, -0.2) is 18.4 Å². The van der Waals surface area contributed by atoms with Crippen molar-refractivity contribution < 1.29 is 49.9 Å². The second-order valence-electron chi connectivity index (χ2n) is 16.8. The van der Waals surface area contributed by atoms with Crippen LogP contribution in [0.1, 0.15) is 44.9 Å². The highest BCUT2D eigenvalue weighted by Gasteiger charge is 2.27. The van der Waals surface area contributed by atoms with Crippen LogP contribution in [0, 0.1) is 11.6 Å². The first-order chi connectivity index (χ1) is 33.1. The number of carbonyl (C=O) groups excluding carboxylic acids is 4. The maximum atomic E-state index is 15.0. The highest BCUT2D eigenvalue weighted by atomic mass is 19.3. The summed E-state index contributed by atoms with van der Waals surface area (Å²) in [6, 6.07) is 27.1. The van der Waals surface area contributed by atoms with Gasteiger partial charge in [0.2, 0.25) is 5.89 Å². The molecule has 5 aromatic rings. The number of rotatable bonds is 16. The van der Waals surface area contributed by atoms with Gasteiger partial charge in [-0.3, -0.25) is 9.59 Å². The molecule has 7 rings (SSSR count). The van der Waals surface area contributed by atoms with Gasteiger partial charge in [0.05, 0.1) is 19.6 Å². The summed E-state index contributed by atoms with van der Waals surface area (Å²) in [5.41, 5.74) is 2.82. The van der Waals surface area contributed by atoms with E-state index in [1.54, 1.807) is 19.6 Å². The van der Waals surface area contributed by atoms with E-state index in [2.05, 4.69) is 20.0 Å². The summed E-state index contributed by atoms with van der Waals surface area (Å²) in [6.45, 7) is 5.71. The van der Waals surface area contributed by atoms with Gasteiger partial charge in [0.25, 0.3) is 11.8 Å². The molecule has 0 saturated carbocycles. The molecule has 14 nitrogen and oxygen atoms in total. The van der Waals surface area contributed by atoms with E-state index in [0.717, 1.165) is 49.4 Å². The number of Topliss-reactive ketones (excluding diaryl/α,β-unsaturated/α-hetero) is 1. The van der Waals surface area contributed by atoms with E-state index < -0.39 is 48.6 Å². The Balaban J connectivity index is 0.000000227. The number of piperazine rings is 2. The van der Waals surface area contributed by atoms with Gasteiger partial charge in [0, 0.05) is 87.7 Å². The van der Waals surface area contributed by atoms with E-state index in [0.29, 0.717) is 57.7 Å². The molecule has 1 N–H and O–H groups in total. The van der Waals surface area contributed by atoms with Crippen molar-refractivity contribution in [1.29, 1.82) is 0 Å². The van der Waals surface area contributed by atoms with Gasteiger partial charge < -0.3 is 39.1 Å². The van der Waals surface area contributed by atoms with E-state index in [-0.39, 0.29) is 47.7 Å². The largest absolute Gasteiger partial charge is 0.415 e. The van der Waals surface area contributed by atoms with Crippen molar-refractivity contribution in [3.05, 3.63) is 142 Å². The first-order valence-corrected chi connectivity index (χ1v) is 22.5. The van der Waals surface area contributed by atoms with Crippen LogP contribution in [0.25, 0.3) is 11.5 Å². The first-order valence-electron chi connectivity index (χ1n) is 22.5. The zero-order valence-electron chi connectivity index (χ0n) is 38.4. The smallest absolute Gasteiger partial charge is 0.320 e. The van der Waals surface area contributed by atoms with Crippen LogP contribution in [-0.2, 0) is 30.7 Å². The van der Waals surface area contributed by atoms with E-state index in [1.165, 1.54) is 24.3 Å². The minimum atomic E-state index is -3.23. The molecule has 2 aliphatic rings. The van der Waals surface area contributed by atoms with E-state index >= 15 is 0 Å². The molecular formula is C49H55F6N9O5. The molecule has 0 unspecified atom stereocenters. The van der Waals surface area contributed by atoms with Crippen molar-refractivity contribution in [2.45, 2.75) is 38.8 Å². The van der Waals surface area contributed by atoms with Gasteiger partial charge in [-0.05, 0) is 56.3 Å². The van der Waals surface area contributed by atoms with Crippen molar-refractivity contribution in [1.82, 2.24) is 44.9 Å². The highest BCUT2D eigenvalue weighted by Crippen LogP contribution is 2.26. The van der Waals surface area contributed by atoms with Gasteiger partial charge in [0.15, 0.2) is 5.78 Å². The lowest BCUT2D eigenvalue weighted by Crippen LogP contribution is -2.52. The Bertz CT molecular complexity index is 2470. The number of amides is 5. The van der Waals surface area contributed by atoms with Crippen molar-refractivity contribution in [3.8, 4) is 11.5 Å². The first kappa shape index (κ1) is 51.6. The molecule has 4 aromatic carbocycles. The average molecular weight is 964 g/mol. The molecule has 2 saturated heterocycles. The predicted molar refractivity (Wildman–Crippen MR) is 244 cm³/mol. The molecular weight excluding hydrogens is 909 g/mol. The number of nitrogens with one attached hydrogen (secondary N) is 1. The zero-order chi connectivity index (χ0) is 49.5. The standard InChI is InChI=1S/C25H29F3N4O3.C24H26F3N5O2/c1-30-11-13-31(14-12-30)25(35)32(10-9-18-5-3-2-4-6-18)17-20-8-7-19(15-21(20)26)22(33)16-29-24(34)23(27)28;1-30-11-13-31(14-12-30)24(33)32(10-9-17-5-3-2-4-6-17)16-19-8-7-18(15-20(19)25)22-28-29-23(34-22)21(26)27/h2-8,15,23H,9-14,16-17H2,1H3,(H,29,34);2-8,15,21H,9-14,16H2,1H3. The van der Waals surface area contributed by atoms with E-state index in [9.17, 15) is 45.5 Å². The number of alkyl halides is 4. The number of likely N-dealkylation sites (N-methyl/N-ethyl adjacent to an activating group) is 2. The molecule has 20 heteroatoms. The fourth-order valence-electron chi connectivity index (χ4n) is 7.55. The minimum absolute atomic E-state index is 0.0143. The minimum Gasteiger partial charge on any atom is -0.415 e. The summed E-state index contributed by atoms with van der Waals surface area (Å²) in [5.74, 6) is -4.53. The molecule has 3 heterocycles. The Hall–Kier alpha value is -6.80. The second-order valence-corrected chi connectivity index (χ2v) is 16.8. The lowest BCUT2D eigenvalue weighted by atomic mass is 10.1. The number of urea groups is 2. The lowest BCUT2D eigenvalue weighted by molar-refractivity contribution is -0.131. The predicted octanol–water partition coefficient (Wildman–Crippen LogP) is 7.03. The van der Waals surface area contributed by atoms with Crippen LogP contribution in [-0.4, -0.2) is 156 Å². The fraction of sp³-hybridized carbons (Fsp3) is 0.388. The molecule has 0 radical (unpaired) electrons. The summed E-state index contributed by atoms with van der Waals surface area (Å²) >= 11 is 0. The number of hydrogen-bond donors (Lipinski definition) is 1. The van der Waals surface area contributed by atoms with Crippen molar-refractivity contribution >= 4 is 23.8 Å². The van der Waals surface area contributed by atoms with Crippen LogP contribution < -0.4 is 5.32 Å². The Morgan fingerprint density at radius 1 is 0.638 bits per heavy atom. The van der Waals surface area contributed by atoms with Crippen LogP contribution in [0.4, 0.5) is 35.9 Å². The Labute approximate surface area is 396 Å². The van der Waals surface area contributed by atoms with Crippen molar-refractivity contribution in [2.75, 3.05) is 86.1 Å². The average Bonchev–Trinajstić information content (AvgIpc) is 3.86. The van der Waals surface area contributed by atoms with Crippen molar-refractivity contribution in [2.24, 2.45) is 0 Å². The molecule has 5 amide bonds. The maximum Gasteiger partial charge on any atom is 0.320 e. The van der Waals surface area contributed by atoms with Gasteiger partial charge >= 0.3 is 24.9 Å². The normalized spacial score (nSPS) is 14.3. The highest BCUT2D eigenvalue weighted by molar-refractivity contribution is 5.99. The van der Waals surface area contributed by atoms with Crippen LogP contribution >= 0.6 is 0 Å². The monoisotopic (exact) mass is 963 g/mol. The number of carbonyl (C=O) groups is 4. The summed E-state index contributed by atoms with van der Waals surface area (Å²) in [6.07, 6.45) is -4.90. The van der Waals surface area contributed by atoms with Crippen LogP contribution in [0.15, 0.2) is 101 Å². The topological polar surface area (TPSA) is 139 Å². The summed E-state index contributed by atoms with van der Waals surface area (Å²) in [4.78, 5) is 60.8. The Morgan fingerprint density at radius 2 is 1.12 bits per heavy atom. The van der Waals surface area contributed by atoms with Gasteiger partial charge in [-0.15, -0.1) is 10.2 Å². The second kappa shape index (κ2) is 25.0. The molecule has 2 aliphatic heterocycles. The quantitative estimate of drug-likeness (QED) is 0.0817. The molecule has 0 bridgehead atoms. The fourth-order valence-corrected chi connectivity index (χ4v) is 7.55. The Kier molecular flexibility index (Phi) is 18.7. The molecule has 69 heavy (non-hydrogen) atoms. The summed E-state index contributed by atoms with van der Waals surface area (Å²) < 4.78 is 84.8. The molecule has 2 fully saturated rings. The molecule has 1 aromatic heterocycles. The van der Waals surface area contributed by atoms with Gasteiger partial charge in [-0.2, -0.15) is 17.6 Å². The number of nitrogens with zero attached hydrogens (tertiary/aromatic N) is 8. The third-order valence-corrected chi connectivity index (χ3v) is 11.8. The number of aromatic nitrogens is 2. The SMILES string of the molecule is CN1CCN(C(=O)N(CCc2ccccc2)Cc2ccc(-c3nnc(C(F)F)o3)cc2F)CC1.CN1CCN(C(=O)N(CCc2ccccc2)Cc2ccc(C(=O)CNC(=O)C(F)F)cc2F)CC1.